The molecule has 0 aliphatic carbocycles. The minimum absolute atomic E-state index is 0. The van der Waals surface area contributed by atoms with Crippen LogP contribution < -0.4 is 12.4 Å². The number of nitrogens with zero attached hydrogens (tertiary/aromatic N) is 1. The zero-order valence-electron chi connectivity index (χ0n) is 5.14. The van der Waals surface area contributed by atoms with Gasteiger partial charge in [-0.3, -0.25) is 0 Å². The zero-order valence-corrected chi connectivity index (χ0v) is 5.90. The Morgan fingerprint density at radius 2 is 1.88 bits per heavy atom. The number of amides is 1. The third kappa shape index (κ3) is 3.74. The van der Waals surface area contributed by atoms with E-state index in [4.69, 9.17) is 0 Å². The maximum Gasteiger partial charge on any atom is 0.408 e. The van der Waals surface area contributed by atoms with Gasteiger partial charge in [0.2, 0.25) is 0 Å². The highest BCUT2D eigenvalue weighted by Crippen LogP contribution is 1.78. The van der Waals surface area contributed by atoms with Gasteiger partial charge in [-0.2, -0.15) is 0 Å². The van der Waals surface area contributed by atoms with E-state index in [1.54, 1.807) is 14.1 Å². The van der Waals surface area contributed by atoms with Crippen LogP contribution in [0.1, 0.15) is 0 Å². The molecule has 4 heteroatoms. The van der Waals surface area contributed by atoms with Crippen molar-refractivity contribution >= 4 is 6.09 Å². The van der Waals surface area contributed by atoms with Crippen molar-refractivity contribution in [2.75, 3.05) is 21.2 Å². The average Bonchev–Trinajstić information content (AvgIpc) is 1.65. The van der Waals surface area contributed by atoms with Gasteiger partial charge in [0.1, 0.15) is 0 Å². The van der Waals surface area contributed by atoms with Gasteiger partial charge in [-0.25, -0.2) is 4.79 Å². The second-order valence-corrected chi connectivity index (χ2v) is 1.36. The normalized spacial score (nSPS) is 6.88. The standard InChI is InChI=1S/C4H9NO2.ClH/c1-5(2)4(6)7-3;/h1-3H3;1H/p-1. The Kier molecular flexibility index (Phi) is 6.20. The van der Waals surface area contributed by atoms with Crippen molar-refractivity contribution < 1.29 is 21.9 Å². The molecule has 0 saturated carbocycles. The summed E-state index contributed by atoms with van der Waals surface area (Å²) in [6.07, 6.45) is -0.319. The summed E-state index contributed by atoms with van der Waals surface area (Å²) < 4.78 is 4.30. The molecule has 0 aliphatic rings. The summed E-state index contributed by atoms with van der Waals surface area (Å²) in [7, 11) is 4.61. The predicted molar refractivity (Wildman–Crippen MR) is 26.1 cm³/mol. The number of hydrogen-bond acceptors (Lipinski definition) is 2. The third-order valence-electron chi connectivity index (χ3n) is 0.540. The van der Waals surface area contributed by atoms with E-state index in [1.165, 1.54) is 12.0 Å². The van der Waals surface area contributed by atoms with Crippen LogP contribution in [0.4, 0.5) is 4.79 Å². The van der Waals surface area contributed by atoms with E-state index in [-0.39, 0.29) is 18.5 Å². The summed E-state index contributed by atoms with van der Waals surface area (Å²) in [6.45, 7) is 0. The van der Waals surface area contributed by atoms with Gasteiger partial charge in [0.15, 0.2) is 0 Å². The van der Waals surface area contributed by atoms with Crippen LogP contribution in [0.15, 0.2) is 0 Å². The number of carbonyl (C=O) groups excluding carboxylic acids is 1. The third-order valence-corrected chi connectivity index (χ3v) is 0.540. The molecular weight excluding hydrogens is 130 g/mol. The molecule has 0 spiro atoms. The number of methoxy groups -OCH3 is 1. The van der Waals surface area contributed by atoms with Crippen LogP contribution in [0.5, 0.6) is 0 Å². The van der Waals surface area contributed by atoms with E-state index in [1.807, 2.05) is 0 Å². The lowest BCUT2D eigenvalue weighted by Gasteiger charge is -2.05. The van der Waals surface area contributed by atoms with Crippen molar-refractivity contribution in [2.45, 2.75) is 0 Å². The first-order chi connectivity index (χ1) is 3.18. The second-order valence-electron chi connectivity index (χ2n) is 1.36. The van der Waals surface area contributed by atoms with Crippen LogP contribution in [-0.4, -0.2) is 32.2 Å². The van der Waals surface area contributed by atoms with Crippen molar-refractivity contribution in [3.63, 3.8) is 0 Å². The fourth-order valence-electron chi connectivity index (χ4n) is 0.183. The van der Waals surface area contributed by atoms with Gasteiger partial charge in [-0.1, -0.05) is 0 Å². The minimum atomic E-state index is -0.319. The van der Waals surface area contributed by atoms with Crippen molar-refractivity contribution in [1.29, 1.82) is 0 Å². The van der Waals surface area contributed by atoms with Crippen LogP contribution in [0, 0.1) is 0 Å². The van der Waals surface area contributed by atoms with Crippen LogP contribution in [0.25, 0.3) is 0 Å². The average molecular weight is 139 g/mol. The van der Waals surface area contributed by atoms with Crippen molar-refractivity contribution in [3.05, 3.63) is 0 Å². The highest BCUT2D eigenvalue weighted by molar-refractivity contribution is 5.66. The van der Waals surface area contributed by atoms with Gasteiger partial charge in [-0.15, -0.1) is 0 Å². The second kappa shape index (κ2) is 4.71. The van der Waals surface area contributed by atoms with Gasteiger partial charge in [-0.05, 0) is 0 Å². The van der Waals surface area contributed by atoms with Gasteiger partial charge < -0.3 is 22.0 Å². The van der Waals surface area contributed by atoms with Gasteiger partial charge >= 0.3 is 6.09 Å². The summed E-state index contributed by atoms with van der Waals surface area (Å²) in [5, 5.41) is 0. The quantitative estimate of drug-likeness (QED) is 0.365. The Balaban J connectivity index is 0. The summed E-state index contributed by atoms with van der Waals surface area (Å²) in [6, 6.07) is 0. The maximum absolute atomic E-state index is 10.2. The molecule has 0 saturated heterocycles. The Morgan fingerprint density at radius 1 is 1.50 bits per heavy atom. The molecular formula is C4H9ClNO2-. The van der Waals surface area contributed by atoms with Crippen LogP contribution >= 0.6 is 0 Å². The molecule has 0 bridgehead atoms. The van der Waals surface area contributed by atoms with Crippen molar-refractivity contribution in [2.24, 2.45) is 0 Å². The summed E-state index contributed by atoms with van der Waals surface area (Å²) >= 11 is 0. The number of ether oxygens (including phenoxy) is 1. The molecule has 0 unspecified atom stereocenters. The smallest absolute Gasteiger partial charge is 0.408 e. The van der Waals surface area contributed by atoms with E-state index in [9.17, 15) is 4.79 Å². The molecule has 8 heavy (non-hydrogen) atoms. The Labute approximate surface area is 55.0 Å². The van der Waals surface area contributed by atoms with E-state index in [2.05, 4.69) is 4.74 Å². The lowest BCUT2D eigenvalue weighted by Crippen LogP contribution is -3.00. The first kappa shape index (κ1) is 10.5. The molecule has 0 heterocycles. The lowest BCUT2D eigenvalue weighted by atomic mass is 10.9. The Hall–Kier alpha value is -0.440. The van der Waals surface area contributed by atoms with Gasteiger partial charge in [0.05, 0.1) is 7.11 Å². The Morgan fingerprint density at radius 3 is 1.88 bits per heavy atom. The van der Waals surface area contributed by atoms with Crippen LogP contribution in [0.2, 0.25) is 0 Å². The molecule has 0 aromatic heterocycles. The molecule has 0 rings (SSSR count). The molecule has 0 fully saturated rings. The molecule has 0 radical (unpaired) electrons. The first-order valence-electron chi connectivity index (χ1n) is 1.93. The lowest BCUT2D eigenvalue weighted by molar-refractivity contribution is -0.00000688. The fourth-order valence-corrected chi connectivity index (χ4v) is 0.183. The molecule has 0 atom stereocenters. The maximum atomic E-state index is 10.2. The molecule has 0 aliphatic heterocycles. The SMILES string of the molecule is COC(=O)N(C)C.[Cl-]. The highest BCUT2D eigenvalue weighted by Gasteiger charge is 1.97. The van der Waals surface area contributed by atoms with E-state index < -0.39 is 0 Å². The molecule has 50 valence electrons. The van der Waals surface area contributed by atoms with E-state index in [0.29, 0.717) is 0 Å². The highest BCUT2D eigenvalue weighted by atomic mass is 35.5. The largest absolute Gasteiger partial charge is 1.00 e. The fraction of sp³-hybridized carbons (Fsp3) is 0.750. The summed E-state index contributed by atoms with van der Waals surface area (Å²) in [5.41, 5.74) is 0. The molecule has 1 amide bonds. The van der Waals surface area contributed by atoms with Crippen LogP contribution in [-0.2, 0) is 4.74 Å². The zero-order chi connectivity index (χ0) is 5.86. The van der Waals surface area contributed by atoms with Crippen LogP contribution in [0.3, 0.4) is 0 Å². The van der Waals surface area contributed by atoms with E-state index >= 15 is 0 Å². The van der Waals surface area contributed by atoms with Crippen molar-refractivity contribution in [3.8, 4) is 0 Å². The minimum Gasteiger partial charge on any atom is -1.00 e. The molecule has 0 aromatic rings. The topological polar surface area (TPSA) is 29.5 Å². The number of hydrogen-bond donors (Lipinski definition) is 0. The number of rotatable bonds is 0. The number of halogens is 1. The molecule has 0 aromatic carbocycles. The number of carbonyl (C=O) groups is 1. The molecule has 0 N–H and O–H groups in total. The summed E-state index contributed by atoms with van der Waals surface area (Å²) in [5.74, 6) is 0. The Bertz CT molecular complexity index is 74.4. The van der Waals surface area contributed by atoms with E-state index in [0.717, 1.165) is 0 Å². The van der Waals surface area contributed by atoms with Gasteiger partial charge in [0.25, 0.3) is 0 Å². The van der Waals surface area contributed by atoms with Crippen molar-refractivity contribution in [1.82, 2.24) is 4.90 Å². The monoisotopic (exact) mass is 138 g/mol. The first-order valence-corrected chi connectivity index (χ1v) is 1.93. The molecule has 3 nitrogen and oxygen atoms in total. The predicted octanol–water partition coefficient (Wildman–Crippen LogP) is -2.68. The van der Waals surface area contributed by atoms with Gasteiger partial charge in [0, 0.05) is 14.1 Å². The summed E-state index contributed by atoms with van der Waals surface area (Å²) in [4.78, 5) is 11.6.